The van der Waals surface area contributed by atoms with Crippen molar-refractivity contribution in [2.24, 2.45) is 0 Å². The second-order valence-electron chi connectivity index (χ2n) is 2.24. The Kier molecular flexibility index (Phi) is 2.57. The summed E-state index contributed by atoms with van der Waals surface area (Å²) in [6.07, 6.45) is -1.97. The van der Waals surface area contributed by atoms with Crippen molar-refractivity contribution in [2.45, 2.75) is 13.3 Å². The Labute approximate surface area is 72.2 Å². The highest BCUT2D eigenvalue weighted by Gasteiger charge is 2.18. The van der Waals surface area contributed by atoms with Crippen LogP contribution in [-0.2, 0) is 0 Å². The van der Waals surface area contributed by atoms with Crippen molar-refractivity contribution >= 4 is 11.6 Å². The zero-order chi connectivity index (χ0) is 9.30. The highest BCUT2D eigenvalue weighted by Crippen LogP contribution is 2.29. The quantitative estimate of drug-likeness (QED) is 0.628. The highest BCUT2D eigenvalue weighted by atomic mass is 35.5. The van der Waals surface area contributed by atoms with E-state index in [0.29, 0.717) is 0 Å². The summed E-state index contributed by atoms with van der Waals surface area (Å²) in [5, 5.41) is -0.344. The van der Waals surface area contributed by atoms with E-state index in [2.05, 4.69) is 4.98 Å². The highest BCUT2D eigenvalue weighted by molar-refractivity contribution is 6.30. The predicted octanol–water partition coefficient (Wildman–Crippen LogP) is 3.12. The molecule has 66 valence electrons. The number of rotatable bonds is 1. The Balaban J connectivity index is 3.33. The minimum Gasteiger partial charge on any atom is -0.241 e. The van der Waals surface area contributed by atoms with Crippen molar-refractivity contribution in [3.05, 3.63) is 28.3 Å². The number of alkyl halides is 2. The standard InChI is InChI=1S/C7H5ClF3N/c1-3-4(9)2-12-6(8)5(3)7(10)11/h2,7H,1H3. The summed E-state index contributed by atoms with van der Waals surface area (Å²) in [6, 6.07) is 0. The van der Waals surface area contributed by atoms with E-state index in [0.717, 1.165) is 6.20 Å². The van der Waals surface area contributed by atoms with E-state index in [1.54, 1.807) is 0 Å². The maximum absolute atomic E-state index is 12.7. The van der Waals surface area contributed by atoms with Crippen molar-refractivity contribution < 1.29 is 13.2 Å². The smallest absolute Gasteiger partial charge is 0.241 e. The van der Waals surface area contributed by atoms with E-state index in [-0.39, 0.29) is 10.7 Å². The van der Waals surface area contributed by atoms with Crippen LogP contribution in [0, 0.1) is 12.7 Å². The van der Waals surface area contributed by atoms with Crippen molar-refractivity contribution in [3.63, 3.8) is 0 Å². The van der Waals surface area contributed by atoms with Crippen LogP contribution in [0.15, 0.2) is 6.20 Å². The summed E-state index contributed by atoms with van der Waals surface area (Å²) < 4.78 is 37.0. The summed E-state index contributed by atoms with van der Waals surface area (Å²) in [5.41, 5.74) is -0.679. The van der Waals surface area contributed by atoms with Gasteiger partial charge in [-0.3, -0.25) is 0 Å². The van der Waals surface area contributed by atoms with Gasteiger partial charge in [-0.1, -0.05) is 11.6 Å². The molecule has 0 spiro atoms. The summed E-state index contributed by atoms with van der Waals surface area (Å²) in [5.74, 6) is -0.769. The average molecular weight is 196 g/mol. The molecule has 0 N–H and O–H groups in total. The fraction of sp³-hybridized carbons (Fsp3) is 0.286. The molecule has 12 heavy (non-hydrogen) atoms. The van der Waals surface area contributed by atoms with E-state index in [1.165, 1.54) is 6.92 Å². The molecule has 1 aromatic rings. The fourth-order valence-electron chi connectivity index (χ4n) is 0.817. The van der Waals surface area contributed by atoms with Crippen molar-refractivity contribution in [2.75, 3.05) is 0 Å². The lowest BCUT2D eigenvalue weighted by Crippen LogP contribution is -1.97. The second-order valence-corrected chi connectivity index (χ2v) is 2.59. The zero-order valence-corrected chi connectivity index (χ0v) is 6.87. The van der Waals surface area contributed by atoms with Gasteiger partial charge in [0, 0.05) is 0 Å². The molecule has 1 heterocycles. The molecule has 0 fully saturated rings. The number of pyridine rings is 1. The minimum atomic E-state index is -2.79. The van der Waals surface area contributed by atoms with Crippen molar-refractivity contribution in [3.8, 4) is 0 Å². The van der Waals surface area contributed by atoms with E-state index >= 15 is 0 Å². The zero-order valence-electron chi connectivity index (χ0n) is 6.11. The van der Waals surface area contributed by atoms with Gasteiger partial charge in [0.15, 0.2) is 0 Å². The van der Waals surface area contributed by atoms with Crippen LogP contribution in [0.3, 0.4) is 0 Å². The molecule has 0 bridgehead atoms. The molecule has 0 aliphatic rings. The first-order chi connectivity index (χ1) is 5.54. The van der Waals surface area contributed by atoms with Crippen LogP contribution in [0.2, 0.25) is 5.15 Å². The molecule has 0 atom stereocenters. The van der Waals surface area contributed by atoms with E-state index in [9.17, 15) is 13.2 Å². The van der Waals surface area contributed by atoms with Gasteiger partial charge in [0.1, 0.15) is 11.0 Å². The normalized spacial score (nSPS) is 10.8. The van der Waals surface area contributed by atoms with Gasteiger partial charge in [0.05, 0.1) is 11.8 Å². The summed E-state index contributed by atoms with van der Waals surface area (Å²) in [4.78, 5) is 3.27. The molecule has 0 radical (unpaired) electrons. The van der Waals surface area contributed by atoms with E-state index in [1.807, 2.05) is 0 Å². The summed E-state index contributed by atoms with van der Waals surface area (Å²) in [6.45, 7) is 1.24. The Bertz CT molecular complexity index is 301. The van der Waals surface area contributed by atoms with Crippen LogP contribution in [-0.4, -0.2) is 4.98 Å². The van der Waals surface area contributed by atoms with Crippen LogP contribution in [0.5, 0.6) is 0 Å². The molecule has 0 aliphatic heterocycles. The number of hydrogen-bond donors (Lipinski definition) is 0. The SMILES string of the molecule is Cc1c(F)cnc(Cl)c1C(F)F. The lowest BCUT2D eigenvalue weighted by Gasteiger charge is -2.05. The summed E-state index contributed by atoms with van der Waals surface area (Å²) >= 11 is 5.34. The van der Waals surface area contributed by atoms with Crippen LogP contribution in [0.4, 0.5) is 13.2 Å². The lowest BCUT2D eigenvalue weighted by molar-refractivity contribution is 0.149. The summed E-state index contributed by atoms with van der Waals surface area (Å²) in [7, 11) is 0. The van der Waals surface area contributed by atoms with E-state index in [4.69, 9.17) is 11.6 Å². The molecular weight excluding hydrogens is 191 g/mol. The number of aromatic nitrogens is 1. The van der Waals surface area contributed by atoms with Crippen molar-refractivity contribution in [1.29, 1.82) is 0 Å². The maximum Gasteiger partial charge on any atom is 0.267 e. The van der Waals surface area contributed by atoms with Gasteiger partial charge in [-0.15, -0.1) is 0 Å². The number of halogens is 4. The lowest BCUT2D eigenvalue weighted by atomic mass is 10.1. The van der Waals surface area contributed by atoms with Gasteiger partial charge < -0.3 is 0 Å². The average Bonchev–Trinajstić information content (AvgIpc) is 1.97. The monoisotopic (exact) mass is 195 g/mol. The molecule has 0 amide bonds. The van der Waals surface area contributed by atoms with Crippen LogP contribution >= 0.6 is 11.6 Å². The molecular formula is C7H5ClF3N. The molecule has 5 heteroatoms. The largest absolute Gasteiger partial charge is 0.267 e. The first kappa shape index (κ1) is 9.32. The molecule has 0 saturated heterocycles. The van der Waals surface area contributed by atoms with Gasteiger partial charge in [0.25, 0.3) is 6.43 Å². The predicted molar refractivity (Wildman–Crippen MR) is 38.9 cm³/mol. The van der Waals surface area contributed by atoms with Gasteiger partial charge in [-0.2, -0.15) is 0 Å². The third-order valence-corrected chi connectivity index (χ3v) is 1.80. The van der Waals surface area contributed by atoms with Gasteiger partial charge in [0.2, 0.25) is 0 Å². The first-order valence-electron chi connectivity index (χ1n) is 3.12. The number of nitrogens with zero attached hydrogens (tertiary/aromatic N) is 1. The minimum absolute atomic E-state index is 0.148. The molecule has 0 aliphatic carbocycles. The van der Waals surface area contributed by atoms with Gasteiger partial charge in [-0.05, 0) is 12.5 Å². The van der Waals surface area contributed by atoms with E-state index < -0.39 is 17.8 Å². The third kappa shape index (κ3) is 1.53. The van der Waals surface area contributed by atoms with Crippen LogP contribution in [0.25, 0.3) is 0 Å². The van der Waals surface area contributed by atoms with Gasteiger partial charge in [-0.25, -0.2) is 18.2 Å². The van der Waals surface area contributed by atoms with Crippen molar-refractivity contribution in [1.82, 2.24) is 4.98 Å². The molecule has 1 nitrogen and oxygen atoms in total. The third-order valence-electron chi connectivity index (χ3n) is 1.49. The molecule has 0 aromatic carbocycles. The maximum atomic E-state index is 12.7. The molecule has 1 rings (SSSR count). The number of hydrogen-bond acceptors (Lipinski definition) is 1. The van der Waals surface area contributed by atoms with Gasteiger partial charge >= 0.3 is 0 Å². The van der Waals surface area contributed by atoms with Crippen LogP contribution < -0.4 is 0 Å². The van der Waals surface area contributed by atoms with Crippen LogP contribution in [0.1, 0.15) is 17.6 Å². The first-order valence-corrected chi connectivity index (χ1v) is 3.50. The Morgan fingerprint density at radius 2 is 2.08 bits per heavy atom. The Hall–Kier alpha value is -0.770. The Morgan fingerprint density at radius 1 is 1.50 bits per heavy atom. The molecule has 0 saturated carbocycles. The fourth-order valence-corrected chi connectivity index (χ4v) is 1.09. The second kappa shape index (κ2) is 3.31. The topological polar surface area (TPSA) is 12.9 Å². The Morgan fingerprint density at radius 3 is 2.50 bits per heavy atom. The molecule has 1 aromatic heterocycles. The molecule has 0 unspecified atom stereocenters.